The van der Waals surface area contributed by atoms with Crippen LogP contribution < -0.4 is 0 Å². The van der Waals surface area contributed by atoms with E-state index in [0.29, 0.717) is 11.4 Å². The van der Waals surface area contributed by atoms with Crippen LogP contribution in [0.5, 0.6) is 0 Å². The van der Waals surface area contributed by atoms with Gasteiger partial charge < -0.3 is 9.64 Å². The van der Waals surface area contributed by atoms with Gasteiger partial charge in [-0.15, -0.1) is 0 Å². The summed E-state index contributed by atoms with van der Waals surface area (Å²) in [6.45, 7) is 3.84. The van der Waals surface area contributed by atoms with E-state index in [1.54, 1.807) is 55.2 Å². The minimum atomic E-state index is -1.01. The molecule has 2 aromatic heterocycles. The fourth-order valence-corrected chi connectivity index (χ4v) is 2.79. The minimum Gasteiger partial charge on any atom is -0.444 e. The quantitative estimate of drug-likeness (QED) is 0.638. The molecular formula is C21H22N4O3. The molecule has 0 aliphatic carbocycles. The lowest BCUT2D eigenvalue weighted by atomic mass is 10.1. The van der Waals surface area contributed by atoms with E-state index in [1.165, 1.54) is 11.1 Å². The highest BCUT2D eigenvalue weighted by atomic mass is 16.5. The zero-order valence-corrected chi connectivity index (χ0v) is 16.3. The molecule has 28 heavy (non-hydrogen) atoms. The lowest BCUT2D eigenvalue weighted by Gasteiger charge is -2.21. The summed E-state index contributed by atoms with van der Waals surface area (Å²) in [4.78, 5) is 30.8. The zero-order chi connectivity index (χ0) is 20.3. The molecule has 3 rings (SSSR count). The Labute approximate surface area is 163 Å². The van der Waals surface area contributed by atoms with Crippen molar-refractivity contribution in [2.45, 2.75) is 20.0 Å². The molecule has 0 bridgehead atoms. The number of nitrogens with zero attached hydrogens (tertiary/aromatic N) is 4. The van der Waals surface area contributed by atoms with Crippen LogP contribution in [0, 0.1) is 13.8 Å². The number of aryl methyl sites for hydroxylation is 2. The van der Waals surface area contributed by atoms with Crippen molar-refractivity contribution in [2.24, 2.45) is 0 Å². The molecule has 1 aromatic carbocycles. The van der Waals surface area contributed by atoms with Crippen LogP contribution in [0.4, 0.5) is 0 Å². The van der Waals surface area contributed by atoms with Crippen molar-refractivity contribution in [1.29, 1.82) is 0 Å². The summed E-state index contributed by atoms with van der Waals surface area (Å²) in [5.74, 6) is -0.325. The second-order valence-electron chi connectivity index (χ2n) is 6.67. The van der Waals surface area contributed by atoms with E-state index in [1.807, 2.05) is 26.0 Å². The maximum atomic E-state index is 12.6. The molecule has 1 amide bonds. The Morgan fingerprint density at radius 2 is 1.79 bits per heavy atom. The Morgan fingerprint density at radius 1 is 1.07 bits per heavy atom. The van der Waals surface area contributed by atoms with Crippen LogP contribution in [-0.4, -0.2) is 45.6 Å². The van der Waals surface area contributed by atoms with E-state index in [9.17, 15) is 9.59 Å². The van der Waals surface area contributed by atoms with Gasteiger partial charge in [-0.2, -0.15) is 5.10 Å². The summed E-state index contributed by atoms with van der Waals surface area (Å²) in [5.41, 5.74) is 2.70. The van der Waals surface area contributed by atoms with Gasteiger partial charge in [0.25, 0.3) is 5.91 Å². The third-order valence-electron chi connectivity index (χ3n) is 4.20. The molecule has 7 nitrogen and oxygen atoms in total. The average molecular weight is 378 g/mol. The highest BCUT2D eigenvalue weighted by Gasteiger charge is 2.27. The highest BCUT2D eigenvalue weighted by Crippen LogP contribution is 2.21. The van der Waals surface area contributed by atoms with Crippen LogP contribution in [0.2, 0.25) is 0 Å². The molecule has 144 valence electrons. The van der Waals surface area contributed by atoms with Crippen LogP contribution in [0.3, 0.4) is 0 Å². The van der Waals surface area contributed by atoms with Gasteiger partial charge in [-0.1, -0.05) is 30.3 Å². The van der Waals surface area contributed by atoms with E-state index in [4.69, 9.17) is 4.74 Å². The monoisotopic (exact) mass is 378 g/mol. The standard InChI is InChI=1S/C21H22N4O3/c1-14-12-15(2)25(23-14)18-11-10-17(13-22-18)21(27)28-19(20(26)24(3)4)16-8-6-5-7-9-16/h5-13,19H,1-4H3. The topological polar surface area (TPSA) is 77.3 Å². The Balaban J connectivity index is 1.82. The van der Waals surface area contributed by atoms with Crippen LogP contribution in [0.25, 0.3) is 5.82 Å². The number of carbonyl (C=O) groups excluding carboxylic acids is 2. The van der Waals surface area contributed by atoms with Crippen molar-refractivity contribution in [3.05, 3.63) is 77.2 Å². The number of hydrogen-bond donors (Lipinski definition) is 0. The van der Waals surface area contributed by atoms with Crippen LogP contribution >= 0.6 is 0 Å². The number of carbonyl (C=O) groups is 2. The lowest BCUT2D eigenvalue weighted by molar-refractivity contribution is -0.138. The van der Waals surface area contributed by atoms with Crippen LogP contribution in [0.1, 0.15) is 33.4 Å². The van der Waals surface area contributed by atoms with Gasteiger partial charge in [-0.25, -0.2) is 14.5 Å². The second-order valence-corrected chi connectivity index (χ2v) is 6.67. The van der Waals surface area contributed by atoms with Gasteiger partial charge in [-0.3, -0.25) is 4.79 Å². The summed E-state index contributed by atoms with van der Waals surface area (Å²) in [5, 5.41) is 4.37. The number of benzene rings is 1. The average Bonchev–Trinajstić information content (AvgIpc) is 3.04. The molecule has 0 saturated carbocycles. The lowest BCUT2D eigenvalue weighted by Crippen LogP contribution is -2.31. The van der Waals surface area contributed by atoms with Crippen LogP contribution in [0.15, 0.2) is 54.7 Å². The van der Waals surface area contributed by atoms with E-state index in [2.05, 4.69) is 10.1 Å². The molecule has 1 atom stereocenters. The van der Waals surface area contributed by atoms with Gasteiger partial charge in [0, 0.05) is 31.5 Å². The predicted octanol–water partition coefficient (Wildman–Crippen LogP) is 2.87. The summed E-state index contributed by atoms with van der Waals surface area (Å²) in [6, 6.07) is 14.2. The molecule has 0 N–H and O–H groups in total. The summed E-state index contributed by atoms with van der Waals surface area (Å²) in [7, 11) is 3.24. The minimum absolute atomic E-state index is 0.262. The SMILES string of the molecule is Cc1cc(C)n(-c2ccc(C(=O)OC(C(=O)N(C)C)c3ccccc3)cn2)n1. The first kappa shape index (κ1) is 19.3. The van der Waals surface area contributed by atoms with Crippen molar-refractivity contribution in [2.75, 3.05) is 14.1 Å². The van der Waals surface area contributed by atoms with Crippen molar-refractivity contribution in [1.82, 2.24) is 19.7 Å². The van der Waals surface area contributed by atoms with E-state index >= 15 is 0 Å². The molecule has 2 heterocycles. The number of amides is 1. The van der Waals surface area contributed by atoms with Gasteiger partial charge in [0.15, 0.2) is 5.82 Å². The van der Waals surface area contributed by atoms with Gasteiger partial charge in [-0.05, 0) is 32.0 Å². The fraction of sp³-hybridized carbons (Fsp3) is 0.238. The first-order chi connectivity index (χ1) is 13.4. The number of pyridine rings is 1. The Bertz CT molecular complexity index is 979. The number of aromatic nitrogens is 3. The molecule has 0 aliphatic heterocycles. The highest BCUT2D eigenvalue weighted by molar-refractivity contribution is 5.92. The van der Waals surface area contributed by atoms with E-state index in [-0.39, 0.29) is 11.5 Å². The predicted molar refractivity (Wildman–Crippen MR) is 104 cm³/mol. The van der Waals surface area contributed by atoms with Gasteiger partial charge in [0.05, 0.1) is 11.3 Å². The fourth-order valence-electron chi connectivity index (χ4n) is 2.79. The van der Waals surface area contributed by atoms with Gasteiger partial charge in [0.1, 0.15) is 0 Å². The van der Waals surface area contributed by atoms with E-state index in [0.717, 1.165) is 11.4 Å². The second kappa shape index (κ2) is 8.04. The van der Waals surface area contributed by atoms with Crippen molar-refractivity contribution in [3.8, 4) is 5.82 Å². The largest absolute Gasteiger partial charge is 0.444 e. The zero-order valence-electron chi connectivity index (χ0n) is 16.3. The Morgan fingerprint density at radius 3 is 2.32 bits per heavy atom. The first-order valence-electron chi connectivity index (χ1n) is 8.83. The van der Waals surface area contributed by atoms with E-state index < -0.39 is 12.1 Å². The molecule has 0 radical (unpaired) electrons. The molecule has 0 aliphatic rings. The molecule has 1 unspecified atom stereocenters. The Kier molecular flexibility index (Phi) is 5.54. The third-order valence-corrected chi connectivity index (χ3v) is 4.20. The maximum absolute atomic E-state index is 12.6. The van der Waals surface area contributed by atoms with Crippen molar-refractivity contribution < 1.29 is 14.3 Å². The summed E-state index contributed by atoms with van der Waals surface area (Å²) < 4.78 is 7.23. The molecule has 0 saturated heterocycles. The summed E-state index contributed by atoms with van der Waals surface area (Å²) in [6.07, 6.45) is 0.412. The molecular weight excluding hydrogens is 356 g/mol. The maximum Gasteiger partial charge on any atom is 0.340 e. The number of hydrogen-bond acceptors (Lipinski definition) is 5. The molecule has 7 heteroatoms. The third kappa shape index (κ3) is 4.09. The van der Waals surface area contributed by atoms with Crippen molar-refractivity contribution >= 4 is 11.9 Å². The smallest absolute Gasteiger partial charge is 0.340 e. The number of esters is 1. The number of rotatable bonds is 5. The normalized spacial score (nSPS) is 11.7. The molecule has 0 fully saturated rings. The number of ether oxygens (including phenoxy) is 1. The van der Waals surface area contributed by atoms with Gasteiger partial charge >= 0.3 is 5.97 Å². The Hall–Kier alpha value is -3.48. The number of likely N-dealkylation sites (N-methyl/N-ethyl adjacent to an activating group) is 1. The summed E-state index contributed by atoms with van der Waals surface area (Å²) >= 11 is 0. The molecule has 3 aromatic rings. The van der Waals surface area contributed by atoms with Crippen LogP contribution in [-0.2, 0) is 9.53 Å². The van der Waals surface area contributed by atoms with Crippen molar-refractivity contribution in [3.63, 3.8) is 0 Å². The molecule has 0 spiro atoms. The van der Waals surface area contributed by atoms with Gasteiger partial charge in [0.2, 0.25) is 6.10 Å². The first-order valence-corrected chi connectivity index (χ1v) is 8.83.